The zero-order chi connectivity index (χ0) is 6.99. The summed E-state index contributed by atoms with van der Waals surface area (Å²) in [5, 5.41) is 18.8. The van der Waals surface area contributed by atoms with Gasteiger partial charge in [-0.1, -0.05) is 27.2 Å². The number of hydrogen-bond acceptors (Lipinski definition) is 2. The Morgan fingerprint density at radius 2 is 1.44 bits per heavy atom. The van der Waals surface area contributed by atoms with Gasteiger partial charge in [0.05, 0.1) is 0 Å². The predicted octanol–water partition coefficient (Wildman–Crippen LogP) is -0.491. The van der Waals surface area contributed by atoms with E-state index in [1.165, 1.54) is 0 Å². The minimum atomic E-state index is -0.417. The van der Waals surface area contributed by atoms with Gasteiger partial charge in [0.15, 0.2) is 0 Å². The van der Waals surface area contributed by atoms with Gasteiger partial charge >= 0.3 is 25.8 Å². The van der Waals surface area contributed by atoms with Crippen molar-refractivity contribution in [2.45, 2.75) is 33.3 Å². The molecular weight excluding hydrogens is 283 g/mol. The topological polar surface area (TPSA) is 46.1 Å². The van der Waals surface area contributed by atoms with E-state index < -0.39 is 6.10 Å². The third kappa shape index (κ3) is 126. The number of hydrogen-bond donors (Lipinski definition) is 0. The summed E-state index contributed by atoms with van der Waals surface area (Å²) in [5.41, 5.74) is 0. The molecule has 0 unspecified atom stereocenters. The fourth-order valence-corrected chi connectivity index (χ4v) is 0. The van der Waals surface area contributed by atoms with Gasteiger partial charge in [-0.05, 0) is 0 Å². The molecule has 52 valence electrons. The largest absolute Gasteiger partial charge is 4.00 e. The summed E-state index contributed by atoms with van der Waals surface area (Å²) in [5.74, 6) is 0. The van der Waals surface area contributed by atoms with Crippen LogP contribution in [0.25, 0.3) is 0 Å². The van der Waals surface area contributed by atoms with Crippen LogP contribution in [-0.2, 0) is 25.8 Å². The first-order valence-electron chi connectivity index (χ1n) is 2.89. The van der Waals surface area contributed by atoms with Crippen molar-refractivity contribution in [1.29, 1.82) is 0 Å². The van der Waals surface area contributed by atoms with Gasteiger partial charge in [-0.3, -0.25) is 0 Å². The van der Waals surface area contributed by atoms with Crippen LogP contribution in [-0.4, -0.2) is 12.7 Å². The molecule has 0 amide bonds. The van der Waals surface area contributed by atoms with Crippen LogP contribution in [0.5, 0.6) is 0 Å². The molecular formula is C6H14HfO2+2. The second-order valence-electron chi connectivity index (χ2n) is 1.75. The van der Waals surface area contributed by atoms with E-state index in [2.05, 4.69) is 0 Å². The number of rotatable bonds is 1. The molecule has 0 radical (unpaired) electrons. The molecule has 0 atom stereocenters. The summed E-state index contributed by atoms with van der Waals surface area (Å²) >= 11 is 0. The van der Waals surface area contributed by atoms with Crippen LogP contribution in [0, 0.1) is 0 Å². The van der Waals surface area contributed by atoms with E-state index in [0.717, 1.165) is 6.42 Å². The smallest absolute Gasteiger partial charge is 0.854 e. The molecule has 0 rings (SSSR count). The predicted molar refractivity (Wildman–Crippen MR) is 30.3 cm³/mol. The average Bonchev–Trinajstić information content (AvgIpc) is 1.65. The van der Waals surface area contributed by atoms with E-state index in [-0.39, 0.29) is 32.5 Å². The molecule has 0 aliphatic carbocycles. The van der Waals surface area contributed by atoms with Crippen molar-refractivity contribution in [2.75, 3.05) is 6.61 Å². The molecule has 0 N–H and O–H groups in total. The van der Waals surface area contributed by atoms with Gasteiger partial charge in [-0.15, -0.1) is 12.7 Å². The third-order valence-corrected chi connectivity index (χ3v) is 0.204. The summed E-state index contributed by atoms with van der Waals surface area (Å²) < 4.78 is 0. The third-order valence-electron chi connectivity index (χ3n) is 0.204. The maximum atomic E-state index is 9.53. The van der Waals surface area contributed by atoms with Gasteiger partial charge in [0.1, 0.15) is 0 Å². The van der Waals surface area contributed by atoms with E-state index in [4.69, 9.17) is 0 Å². The van der Waals surface area contributed by atoms with Gasteiger partial charge in [0.2, 0.25) is 0 Å². The van der Waals surface area contributed by atoms with Crippen molar-refractivity contribution >= 4 is 0 Å². The molecule has 3 heteroatoms. The SMILES string of the molecule is CC(C)[O-].CCC[O-].[Hf+4]. The molecule has 0 fully saturated rings. The van der Waals surface area contributed by atoms with Crippen molar-refractivity contribution in [3.8, 4) is 0 Å². The molecule has 0 saturated heterocycles. The average molecular weight is 297 g/mol. The fourth-order valence-electron chi connectivity index (χ4n) is 0. The van der Waals surface area contributed by atoms with Gasteiger partial charge in [-0.25, -0.2) is 0 Å². The second kappa shape index (κ2) is 15.9. The van der Waals surface area contributed by atoms with Crippen molar-refractivity contribution in [3.05, 3.63) is 0 Å². The Hall–Kier alpha value is 0.790. The van der Waals surface area contributed by atoms with E-state index >= 15 is 0 Å². The Kier molecular flexibility index (Phi) is 29.0. The van der Waals surface area contributed by atoms with E-state index in [0.29, 0.717) is 0 Å². The molecule has 0 aromatic carbocycles. The van der Waals surface area contributed by atoms with Crippen LogP contribution in [0.4, 0.5) is 0 Å². The Morgan fingerprint density at radius 1 is 1.33 bits per heavy atom. The Labute approximate surface area is 76.1 Å². The molecule has 0 aliphatic rings. The first kappa shape index (κ1) is 16.4. The van der Waals surface area contributed by atoms with Crippen molar-refractivity contribution in [2.24, 2.45) is 0 Å². The van der Waals surface area contributed by atoms with Crippen molar-refractivity contribution in [3.63, 3.8) is 0 Å². The minimum absolute atomic E-state index is 0. The standard InChI is InChI=1S/2C3H7O.Hf/c1-3(2)4;1-2-3-4;/h3H,1-2H3;2-3H2,1H3;/q2*-1;+4. The summed E-state index contributed by atoms with van der Waals surface area (Å²) in [6.45, 7) is 5.16. The van der Waals surface area contributed by atoms with Gasteiger partial charge in [0.25, 0.3) is 0 Å². The van der Waals surface area contributed by atoms with Crippen LogP contribution >= 0.6 is 0 Å². The summed E-state index contributed by atoms with van der Waals surface area (Å²) in [6, 6.07) is 0. The van der Waals surface area contributed by atoms with E-state index in [9.17, 15) is 10.2 Å². The Bertz CT molecular complexity index is 27.5. The van der Waals surface area contributed by atoms with E-state index in [1.807, 2.05) is 6.92 Å². The minimum Gasteiger partial charge on any atom is -0.854 e. The van der Waals surface area contributed by atoms with Crippen LogP contribution in [0.2, 0.25) is 0 Å². The van der Waals surface area contributed by atoms with Crippen LogP contribution < -0.4 is 10.2 Å². The summed E-state index contributed by atoms with van der Waals surface area (Å²) in [4.78, 5) is 0. The maximum absolute atomic E-state index is 9.53. The first-order valence-corrected chi connectivity index (χ1v) is 2.89. The second-order valence-corrected chi connectivity index (χ2v) is 1.75. The van der Waals surface area contributed by atoms with Gasteiger partial charge in [-0.2, -0.15) is 0 Å². The zero-order valence-electron chi connectivity index (χ0n) is 6.31. The van der Waals surface area contributed by atoms with Crippen LogP contribution in [0.1, 0.15) is 27.2 Å². The van der Waals surface area contributed by atoms with Gasteiger partial charge < -0.3 is 10.2 Å². The molecule has 0 saturated carbocycles. The molecule has 0 aliphatic heterocycles. The molecule has 0 aromatic heterocycles. The summed E-state index contributed by atoms with van der Waals surface area (Å²) in [6.07, 6.45) is 0.347. The van der Waals surface area contributed by atoms with Gasteiger partial charge in [0, 0.05) is 0 Å². The molecule has 0 heterocycles. The molecule has 0 spiro atoms. The van der Waals surface area contributed by atoms with Crippen molar-refractivity contribution < 1.29 is 36.1 Å². The fraction of sp³-hybridized carbons (Fsp3) is 1.00. The Balaban J connectivity index is -0.0000000720. The normalized spacial score (nSPS) is 7.33. The van der Waals surface area contributed by atoms with Crippen LogP contribution in [0.3, 0.4) is 0 Å². The maximum Gasteiger partial charge on any atom is 4.00 e. The molecule has 0 aromatic rings. The Morgan fingerprint density at radius 3 is 1.44 bits per heavy atom. The molecule has 0 bridgehead atoms. The molecule has 2 nitrogen and oxygen atoms in total. The molecule has 9 heavy (non-hydrogen) atoms. The quantitative estimate of drug-likeness (QED) is 0.613. The van der Waals surface area contributed by atoms with Crippen molar-refractivity contribution in [1.82, 2.24) is 0 Å². The summed E-state index contributed by atoms with van der Waals surface area (Å²) in [7, 11) is 0. The van der Waals surface area contributed by atoms with Crippen LogP contribution in [0.15, 0.2) is 0 Å². The monoisotopic (exact) mass is 298 g/mol. The zero-order valence-corrected chi connectivity index (χ0v) is 9.90. The van der Waals surface area contributed by atoms with E-state index in [1.54, 1.807) is 13.8 Å². The first-order chi connectivity index (χ1) is 3.65.